The van der Waals surface area contributed by atoms with Crippen LogP contribution in [-0.2, 0) is 0 Å². The van der Waals surface area contributed by atoms with Crippen LogP contribution in [0.1, 0.15) is 34.5 Å². The van der Waals surface area contributed by atoms with Crippen molar-refractivity contribution in [1.29, 1.82) is 0 Å². The molecule has 11 heteroatoms. The molecule has 10 nitrogen and oxygen atoms in total. The summed E-state index contributed by atoms with van der Waals surface area (Å²) in [6.45, 7) is 3.37. The lowest BCUT2D eigenvalue weighted by Crippen LogP contribution is -2.41. The first-order valence-electron chi connectivity index (χ1n) is 11.3. The van der Waals surface area contributed by atoms with Crippen molar-refractivity contribution in [2.45, 2.75) is 19.8 Å². The largest absolute Gasteiger partial charge is 0.508 e. The van der Waals surface area contributed by atoms with Gasteiger partial charge < -0.3 is 20.5 Å². The smallest absolute Gasteiger partial charge is 0.254 e. The Labute approximate surface area is 204 Å². The van der Waals surface area contributed by atoms with Gasteiger partial charge in [0.1, 0.15) is 11.5 Å². The lowest BCUT2D eigenvalue weighted by atomic mass is 9.97. The number of aromatic hydroxyl groups is 1. The average molecular weight is 498 g/mol. The number of aryl methyl sites for hydroxylation is 1. The van der Waals surface area contributed by atoms with Crippen molar-refractivity contribution in [2.75, 3.05) is 24.4 Å². The number of ether oxygens (including phenoxy) is 1. The molecule has 35 heavy (non-hydrogen) atoms. The molecule has 2 aliphatic rings. The van der Waals surface area contributed by atoms with E-state index in [1.807, 2.05) is 11.8 Å². The molecule has 1 saturated heterocycles. The molecular formula is C24H27N5O5S. The number of amides is 1. The number of nitrogens with one attached hydrogen (secondary N) is 1. The van der Waals surface area contributed by atoms with Gasteiger partial charge in [0.25, 0.3) is 5.91 Å². The maximum atomic E-state index is 13.5. The van der Waals surface area contributed by atoms with E-state index in [1.165, 1.54) is 0 Å². The number of aromatic nitrogens is 1. The van der Waals surface area contributed by atoms with Crippen LogP contribution >= 0.6 is 11.0 Å². The predicted octanol–water partition coefficient (Wildman–Crippen LogP) is 3.89. The molecule has 1 amide bonds. The molecule has 3 heterocycles. The Bertz CT molecular complexity index is 1350. The zero-order valence-corrected chi connectivity index (χ0v) is 20.0. The second-order valence-electron chi connectivity index (χ2n) is 8.86. The zero-order chi connectivity index (χ0) is 24.7. The third kappa shape index (κ3) is 4.70. The Balaban J connectivity index is 1.32. The van der Waals surface area contributed by atoms with Crippen molar-refractivity contribution in [2.24, 2.45) is 16.0 Å². The maximum absolute atomic E-state index is 13.5. The van der Waals surface area contributed by atoms with Gasteiger partial charge in [-0.3, -0.25) is 23.6 Å². The Morgan fingerprint density at radius 3 is 2.94 bits per heavy atom. The van der Waals surface area contributed by atoms with Gasteiger partial charge in [-0.05, 0) is 67.1 Å². The van der Waals surface area contributed by atoms with Crippen molar-refractivity contribution < 1.29 is 23.7 Å². The average Bonchev–Trinajstić information content (AvgIpc) is 2.81. The lowest BCUT2D eigenvalue weighted by molar-refractivity contribution is 0.0635. The van der Waals surface area contributed by atoms with Gasteiger partial charge in [-0.25, -0.2) is 0 Å². The zero-order valence-electron chi connectivity index (χ0n) is 19.1. The fraction of sp³-hybridized carbons (Fsp3) is 0.292. The van der Waals surface area contributed by atoms with Crippen LogP contribution in [0.5, 0.6) is 11.5 Å². The van der Waals surface area contributed by atoms with Crippen molar-refractivity contribution in [3.8, 4) is 11.5 Å². The molecule has 1 unspecified atom stereocenters. The lowest BCUT2D eigenvalue weighted by Gasteiger charge is -2.35. The van der Waals surface area contributed by atoms with Crippen LogP contribution in [0.15, 0.2) is 46.9 Å². The monoisotopic (exact) mass is 497 g/mol. The molecular weight excluding hydrogens is 470 g/mol. The molecule has 1 aromatic heterocycles. The van der Waals surface area contributed by atoms with E-state index in [2.05, 4.69) is 14.1 Å². The SMILES string of the molecule is Cc1cc(C(=O)N2CCCC(COc3cccc4c3C(N)=NS(O)(O)N4)C2)c2cc(O)ccc2n1. The molecule has 184 valence electrons. The molecule has 3 aromatic rings. The summed E-state index contributed by atoms with van der Waals surface area (Å²) in [5, 5.41) is 10.6. The van der Waals surface area contributed by atoms with Gasteiger partial charge in [-0.2, -0.15) is 0 Å². The van der Waals surface area contributed by atoms with Gasteiger partial charge in [-0.1, -0.05) is 6.07 Å². The van der Waals surface area contributed by atoms with Crippen LogP contribution in [0.2, 0.25) is 0 Å². The highest BCUT2D eigenvalue weighted by atomic mass is 32.3. The van der Waals surface area contributed by atoms with Crippen LogP contribution in [0.3, 0.4) is 0 Å². The van der Waals surface area contributed by atoms with E-state index >= 15 is 0 Å². The highest BCUT2D eigenvalue weighted by molar-refractivity contribution is 8.24. The number of nitrogens with zero attached hydrogens (tertiary/aromatic N) is 3. The first-order valence-corrected chi connectivity index (χ1v) is 12.8. The number of anilines is 1. The molecule has 2 aromatic carbocycles. The number of fused-ring (bicyclic) bond motifs is 2. The quantitative estimate of drug-likeness (QED) is 0.364. The number of pyridine rings is 1. The number of benzene rings is 2. The minimum absolute atomic E-state index is 0.00186. The van der Waals surface area contributed by atoms with E-state index in [9.17, 15) is 19.0 Å². The first-order chi connectivity index (χ1) is 16.7. The van der Waals surface area contributed by atoms with E-state index in [1.54, 1.807) is 42.5 Å². The number of hydrogen-bond acceptors (Lipinski definition) is 9. The molecule has 0 aliphatic carbocycles. The highest BCUT2D eigenvalue weighted by Crippen LogP contribution is 2.46. The maximum Gasteiger partial charge on any atom is 0.254 e. The van der Waals surface area contributed by atoms with Crippen molar-refractivity contribution in [1.82, 2.24) is 9.88 Å². The summed E-state index contributed by atoms with van der Waals surface area (Å²) >= 11 is 0. The third-order valence-corrected chi connectivity index (χ3v) is 7.13. The van der Waals surface area contributed by atoms with Crippen LogP contribution in [0.25, 0.3) is 10.9 Å². The van der Waals surface area contributed by atoms with Gasteiger partial charge >= 0.3 is 0 Å². The Morgan fingerprint density at radius 1 is 1.29 bits per heavy atom. The summed E-state index contributed by atoms with van der Waals surface area (Å²) in [6, 6.07) is 11.8. The van der Waals surface area contributed by atoms with Gasteiger partial charge in [0.15, 0.2) is 5.84 Å². The molecule has 0 spiro atoms. The van der Waals surface area contributed by atoms with E-state index in [4.69, 9.17) is 10.5 Å². The number of phenols is 1. The minimum atomic E-state index is -3.37. The Hall–Kier alpha value is -3.54. The molecule has 1 fully saturated rings. The Morgan fingerprint density at radius 2 is 2.11 bits per heavy atom. The molecule has 2 aliphatic heterocycles. The molecule has 0 radical (unpaired) electrons. The number of rotatable bonds is 4. The molecule has 6 N–H and O–H groups in total. The van der Waals surface area contributed by atoms with Crippen LogP contribution in [0.4, 0.5) is 5.69 Å². The minimum Gasteiger partial charge on any atom is -0.508 e. The van der Waals surface area contributed by atoms with Crippen LogP contribution in [-0.4, -0.2) is 55.5 Å². The summed E-state index contributed by atoms with van der Waals surface area (Å²) < 4.78 is 32.1. The molecule has 1 atom stereocenters. The fourth-order valence-corrected chi connectivity index (χ4v) is 5.52. The second kappa shape index (κ2) is 8.91. The van der Waals surface area contributed by atoms with E-state index in [0.717, 1.165) is 18.5 Å². The number of piperidine rings is 1. The number of phenolic OH excluding ortho intramolecular Hbond substituents is 1. The molecule has 0 saturated carbocycles. The van der Waals surface area contributed by atoms with Crippen LogP contribution in [0, 0.1) is 12.8 Å². The van der Waals surface area contributed by atoms with Gasteiger partial charge in [0, 0.05) is 30.1 Å². The molecule has 0 bridgehead atoms. The van der Waals surface area contributed by atoms with Gasteiger partial charge in [0.05, 0.1) is 28.9 Å². The third-order valence-electron chi connectivity index (χ3n) is 6.19. The Kier molecular flexibility index (Phi) is 5.91. The van der Waals surface area contributed by atoms with Crippen LogP contribution < -0.4 is 15.2 Å². The number of hydrogen-bond donors (Lipinski definition) is 5. The van der Waals surface area contributed by atoms with E-state index in [-0.39, 0.29) is 23.4 Å². The summed E-state index contributed by atoms with van der Waals surface area (Å²) in [4.78, 5) is 19.8. The van der Waals surface area contributed by atoms with E-state index < -0.39 is 11.0 Å². The van der Waals surface area contributed by atoms with Gasteiger partial charge in [-0.15, -0.1) is 4.40 Å². The van der Waals surface area contributed by atoms with Crippen molar-refractivity contribution in [3.63, 3.8) is 0 Å². The predicted molar refractivity (Wildman–Crippen MR) is 136 cm³/mol. The molecule has 5 rings (SSSR count). The highest BCUT2D eigenvalue weighted by Gasteiger charge is 2.28. The normalized spacial score (nSPS) is 19.9. The summed E-state index contributed by atoms with van der Waals surface area (Å²) in [6.07, 6.45) is 1.74. The number of likely N-dealkylation sites (tertiary alicyclic amines) is 1. The summed E-state index contributed by atoms with van der Waals surface area (Å²) in [5.74, 6) is 0.575. The van der Waals surface area contributed by atoms with Crippen molar-refractivity contribution >= 4 is 39.3 Å². The number of nitrogens with two attached hydrogens (primary N) is 1. The summed E-state index contributed by atoms with van der Waals surface area (Å²) in [5.41, 5.74) is 8.84. The number of carbonyl (C=O) groups is 1. The topological polar surface area (TPSA) is 154 Å². The van der Waals surface area contributed by atoms with E-state index in [0.29, 0.717) is 53.2 Å². The first kappa shape index (κ1) is 23.2. The summed E-state index contributed by atoms with van der Waals surface area (Å²) in [7, 11) is -3.37. The van der Waals surface area contributed by atoms with Crippen molar-refractivity contribution in [3.05, 3.63) is 59.3 Å². The number of amidine groups is 1. The standard InChI is InChI=1S/C24H27N5O5S/c1-14-10-18(17-11-16(30)7-8-19(17)26-14)24(31)29-9-3-4-15(12-29)13-34-21-6-2-5-20-22(21)23(25)28-35(32,33)27-20/h2,5-8,10-11,15,27,30,32-33H,3-4,9,12-13H2,1H3,(H2,25,28). The second-order valence-corrected chi connectivity index (χ2v) is 10.3. The fourth-order valence-electron chi connectivity index (χ4n) is 4.64. The number of carbonyl (C=O) groups excluding carboxylic acids is 1. The van der Waals surface area contributed by atoms with Gasteiger partial charge in [0.2, 0.25) is 0 Å².